The number of phenols is 1. The fourth-order valence-electron chi connectivity index (χ4n) is 1.29. The van der Waals surface area contributed by atoms with Crippen LogP contribution in [0, 0.1) is 0 Å². The van der Waals surface area contributed by atoms with Crippen molar-refractivity contribution in [1.82, 2.24) is 0 Å². The summed E-state index contributed by atoms with van der Waals surface area (Å²) in [7, 11) is 0. The number of benzene rings is 1. The number of halogens is 1. The van der Waals surface area contributed by atoms with E-state index in [2.05, 4.69) is 15.9 Å². The first kappa shape index (κ1) is 12.0. The molecule has 1 N–H and O–H groups in total. The second-order valence-corrected chi connectivity index (χ2v) is 3.74. The van der Waals surface area contributed by atoms with E-state index in [1.165, 1.54) is 6.07 Å². The number of carbonyl (C=O) groups is 1. The Balaban J connectivity index is 3.06. The summed E-state index contributed by atoms with van der Waals surface area (Å²) in [6.45, 7) is 2.31. The van der Waals surface area contributed by atoms with E-state index in [1.54, 1.807) is 12.1 Å². The number of ether oxygens (including phenoxy) is 1. The second-order valence-electron chi connectivity index (χ2n) is 2.95. The highest BCUT2D eigenvalue weighted by Gasteiger charge is 2.16. The lowest BCUT2D eigenvalue weighted by Gasteiger charge is -2.10. The normalized spacial score (nSPS) is 10.0. The van der Waals surface area contributed by atoms with Gasteiger partial charge in [-0.15, -0.1) is 0 Å². The Morgan fingerprint density at radius 1 is 1.53 bits per heavy atom. The predicted octanol–water partition coefficient (Wildman–Crippen LogP) is 2.76. The van der Waals surface area contributed by atoms with E-state index in [1.807, 2.05) is 6.92 Å². The summed E-state index contributed by atoms with van der Waals surface area (Å²) in [4.78, 5) is 11.7. The van der Waals surface area contributed by atoms with Crippen LogP contribution in [0.5, 0.6) is 11.5 Å². The number of carbonyl (C=O) groups excluding carboxylic acids is 1. The van der Waals surface area contributed by atoms with E-state index in [4.69, 9.17) is 4.74 Å². The summed E-state index contributed by atoms with van der Waals surface area (Å²) in [6.07, 6.45) is 0.345. The Labute approximate surface area is 97.2 Å². The first-order valence-corrected chi connectivity index (χ1v) is 5.86. The highest BCUT2D eigenvalue weighted by molar-refractivity contribution is 9.09. The van der Waals surface area contributed by atoms with Crippen LogP contribution in [0.3, 0.4) is 0 Å². The van der Waals surface area contributed by atoms with Crippen LogP contribution in [0.1, 0.15) is 23.7 Å². The first-order valence-electron chi connectivity index (χ1n) is 4.74. The monoisotopic (exact) mass is 272 g/mol. The maximum Gasteiger partial charge on any atom is 0.171 e. The summed E-state index contributed by atoms with van der Waals surface area (Å²) in [5.74, 6) is 0.309. The zero-order chi connectivity index (χ0) is 11.3. The average Bonchev–Trinajstić information content (AvgIpc) is 2.18. The van der Waals surface area contributed by atoms with E-state index in [0.29, 0.717) is 24.1 Å². The molecular formula is C11H13BrO3. The lowest BCUT2D eigenvalue weighted by molar-refractivity contribution is 0.0983. The fraction of sp³-hybridized carbons (Fsp3) is 0.364. The van der Waals surface area contributed by atoms with Gasteiger partial charge in [0.1, 0.15) is 17.1 Å². The molecule has 0 saturated carbocycles. The molecule has 0 bridgehead atoms. The predicted molar refractivity (Wildman–Crippen MR) is 62.0 cm³/mol. The molecule has 0 amide bonds. The number of Topliss-reactive ketones (excluding diaryl/α,β-unsaturated/α-hetero) is 1. The Kier molecular flexibility index (Phi) is 4.62. The van der Waals surface area contributed by atoms with Crippen molar-refractivity contribution in [2.24, 2.45) is 0 Å². The van der Waals surface area contributed by atoms with Crippen LogP contribution in [0.15, 0.2) is 18.2 Å². The average molecular weight is 273 g/mol. The molecule has 4 heteroatoms. The van der Waals surface area contributed by atoms with Crippen LogP contribution in [-0.4, -0.2) is 22.8 Å². The molecule has 0 fully saturated rings. The molecule has 0 aromatic heterocycles. The van der Waals surface area contributed by atoms with Gasteiger partial charge in [0.05, 0.1) is 6.61 Å². The quantitative estimate of drug-likeness (QED) is 0.662. The fourth-order valence-corrected chi connectivity index (χ4v) is 1.65. The molecule has 0 aliphatic rings. The molecule has 0 heterocycles. The van der Waals surface area contributed by atoms with Gasteiger partial charge in [-0.05, 0) is 19.1 Å². The number of hydrogen-bond acceptors (Lipinski definition) is 3. The third-order valence-corrected chi connectivity index (χ3v) is 2.30. The molecule has 0 saturated heterocycles. The molecule has 0 unspecified atom stereocenters. The van der Waals surface area contributed by atoms with E-state index in [-0.39, 0.29) is 17.1 Å². The number of ketones is 1. The van der Waals surface area contributed by atoms with Gasteiger partial charge < -0.3 is 9.84 Å². The largest absolute Gasteiger partial charge is 0.507 e. The van der Waals surface area contributed by atoms with Crippen molar-refractivity contribution in [3.05, 3.63) is 23.8 Å². The molecule has 82 valence electrons. The number of alkyl halides is 1. The minimum atomic E-state index is -0.117. The van der Waals surface area contributed by atoms with Gasteiger partial charge in [-0.2, -0.15) is 0 Å². The molecule has 0 aliphatic heterocycles. The number of aromatic hydroxyl groups is 1. The molecule has 1 aromatic rings. The third-order valence-electron chi connectivity index (χ3n) is 1.90. The van der Waals surface area contributed by atoms with E-state index >= 15 is 0 Å². The van der Waals surface area contributed by atoms with Crippen molar-refractivity contribution in [1.29, 1.82) is 0 Å². The lowest BCUT2D eigenvalue weighted by Crippen LogP contribution is -2.04. The van der Waals surface area contributed by atoms with Crippen molar-refractivity contribution in [3.63, 3.8) is 0 Å². The minimum absolute atomic E-state index is 0.0214. The maximum absolute atomic E-state index is 11.7. The Morgan fingerprint density at radius 3 is 2.87 bits per heavy atom. The summed E-state index contributed by atoms with van der Waals surface area (Å²) in [5.41, 5.74) is 0.277. The number of rotatable bonds is 5. The Morgan fingerprint density at radius 2 is 2.27 bits per heavy atom. The minimum Gasteiger partial charge on any atom is -0.507 e. The summed E-state index contributed by atoms with van der Waals surface area (Å²) < 4.78 is 5.29. The van der Waals surface area contributed by atoms with E-state index < -0.39 is 0 Å². The Bertz CT molecular complexity index is 350. The van der Waals surface area contributed by atoms with Crippen LogP contribution < -0.4 is 4.74 Å². The van der Waals surface area contributed by atoms with Crippen molar-refractivity contribution in [3.8, 4) is 11.5 Å². The van der Waals surface area contributed by atoms with Gasteiger partial charge in [0, 0.05) is 11.8 Å². The van der Waals surface area contributed by atoms with Crippen LogP contribution in [0.4, 0.5) is 0 Å². The third kappa shape index (κ3) is 2.96. The summed E-state index contributed by atoms with van der Waals surface area (Å²) >= 11 is 3.19. The molecule has 0 aliphatic carbocycles. The topological polar surface area (TPSA) is 46.5 Å². The number of hydrogen-bond donors (Lipinski definition) is 1. The van der Waals surface area contributed by atoms with Crippen LogP contribution in [-0.2, 0) is 0 Å². The van der Waals surface area contributed by atoms with Gasteiger partial charge in [-0.25, -0.2) is 0 Å². The van der Waals surface area contributed by atoms with Crippen molar-refractivity contribution in [2.45, 2.75) is 13.3 Å². The molecule has 0 spiro atoms. The van der Waals surface area contributed by atoms with Gasteiger partial charge in [0.2, 0.25) is 0 Å². The van der Waals surface area contributed by atoms with Gasteiger partial charge in [-0.3, -0.25) is 4.79 Å². The molecule has 1 rings (SSSR count). The zero-order valence-corrected chi connectivity index (χ0v) is 10.1. The summed E-state index contributed by atoms with van der Waals surface area (Å²) in [6, 6.07) is 4.83. The van der Waals surface area contributed by atoms with E-state index in [0.717, 1.165) is 0 Å². The zero-order valence-electron chi connectivity index (χ0n) is 8.50. The second kappa shape index (κ2) is 5.75. The standard InChI is InChI=1S/C11H13BrO3/c1-2-15-10-5-3-4-8(13)11(10)9(14)6-7-12/h3-5,13H,2,6-7H2,1H3. The van der Waals surface area contributed by atoms with Gasteiger partial charge in [0.15, 0.2) is 5.78 Å². The van der Waals surface area contributed by atoms with Crippen molar-refractivity contribution < 1.29 is 14.6 Å². The van der Waals surface area contributed by atoms with Gasteiger partial charge in [0.25, 0.3) is 0 Å². The van der Waals surface area contributed by atoms with Gasteiger partial charge >= 0.3 is 0 Å². The van der Waals surface area contributed by atoms with Crippen molar-refractivity contribution in [2.75, 3.05) is 11.9 Å². The van der Waals surface area contributed by atoms with E-state index in [9.17, 15) is 9.90 Å². The van der Waals surface area contributed by atoms with Gasteiger partial charge in [-0.1, -0.05) is 22.0 Å². The molecular weight excluding hydrogens is 260 g/mol. The highest BCUT2D eigenvalue weighted by Crippen LogP contribution is 2.28. The molecule has 15 heavy (non-hydrogen) atoms. The van der Waals surface area contributed by atoms with Crippen molar-refractivity contribution >= 4 is 21.7 Å². The SMILES string of the molecule is CCOc1cccc(O)c1C(=O)CCBr. The molecule has 0 atom stereocenters. The summed E-state index contributed by atoms with van der Waals surface area (Å²) in [5, 5.41) is 10.2. The smallest absolute Gasteiger partial charge is 0.171 e. The maximum atomic E-state index is 11.7. The molecule has 1 aromatic carbocycles. The van der Waals surface area contributed by atoms with Crippen LogP contribution >= 0.6 is 15.9 Å². The Hall–Kier alpha value is -1.03. The van der Waals surface area contributed by atoms with Crippen LogP contribution in [0.25, 0.3) is 0 Å². The number of phenolic OH excluding ortho intramolecular Hbond substituents is 1. The van der Waals surface area contributed by atoms with Crippen LogP contribution in [0.2, 0.25) is 0 Å². The first-order chi connectivity index (χ1) is 7.20. The highest BCUT2D eigenvalue weighted by atomic mass is 79.9. The molecule has 0 radical (unpaired) electrons. The molecule has 3 nitrogen and oxygen atoms in total. The lowest BCUT2D eigenvalue weighted by atomic mass is 10.1.